The first kappa shape index (κ1) is 14.7. The second-order valence-electron chi connectivity index (χ2n) is 5.87. The average Bonchev–Trinajstić information content (AvgIpc) is 3.10. The lowest BCUT2D eigenvalue weighted by atomic mass is 10.3. The van der Waals surface area contributed by atoms with Crippen LogP contribution in [-0.4, -0.2) is 26.6 Å². The van der Waals surface area contributed by atoms with Crippen molar-refractivity contribution in [2.75, 3.05) is 0 Å². The quantitative estimate of drug-likeness (QED) is 0.722. The summed E-state index contributed by atoms with van der Waals surface area (Å²) in [5.74, 6) is 0.337. The molecule has 5 nitrogen and oxygen atoms in total. The predicted octanol–water partition coefficient (Wildman–Crippen LogP) is 3.41. The monoisotopic (exact) mass is 325 g/mol. The van der Waals surface area contributed by atoms with Gasteiger partial charge in [0.25, 0.3) is 5.91 Å². The van der Waals surface area contributed by atoms with Gasteiger partial charge in [-0.3, -0.25) is 4.79 Å². The van der Waals surface area contributed by atoms with Crippen molar-refractivity contribution in [2.24, 2.45) is 0 Å². The second kappa shape index (κ2) is 5.96. The van der Waals surface area contributed by atoms with Gasteiger partial charge in [0.05, 0.1) is 18.5 Å². The maximum absolute atomic E-state index is 13.0. The van der Waals surface area contributed by atoms with Gasteiger partial charge >= 0.3 is 0 Å². The summed E-state index contributed by atoms with van der Waals surface area (Å²) in [7, 11) is 0. The summed E-state index contributed by atoms with van der Waals surface area (Å²) in [6.45, 7) is 0.444. The molecule has 1 amide bonds. The van der Waals surface area contributed by atoms with Crippen LogP contribution in [0.5, 0.6) is 0 Å². The van der Waals surface area contributed by atoms with Crippen LogP contribution in [0.3, 0.4) is 0 Å². The smallest absolute Gasteiger partial charge is 0.275 e. The zero-order valence-corrected chi connectivity index (χ0v) is 12.9. The van der Waals surface area contributed by atoms with E-state index in [4.69, 9.17) is 4.42 Å². The number of carbonyl (C=O) groups is 1. The molecule has 4 rings (SSSR count). The molecule has 0 radical (unpaired) electrons. The van der Waals surface area contributed by atoms with E-state index >= 15 is 0 Å². The molecule has 0 spiro atoms. The summed E-state index contributed by atoms with van der Waals surface area (Å²) in [6.07, 6.45) is 5.32. The SMILES string of the molecule is O=C(c1ccn(-c2ccc(F)cc2)n1)N(Cc1ccco1)C1CC1. The van der Waals surface area contributed by atoms with Crippen LogP contribution in [0.25, 0.3) is 5.69 Å². The van der Waals surface area contributed by atoms with Crippen LogP contribution in [0.1, 0.15) is 29.1 Å². The van der Waals surface area contributed by atoms with E-state index in [0.29, 0.717) is 17.9 Å². The highest BCUT2D eigenvalue weighted by Crippen LogP contribution is 2.29. The third-order valence-corrected chi connectivity index (χ3v) is 4.05. The topological polar surface area (TPSA) is 51.3 Å². The third kappa shape index (κ3) is 2.95. The Morgan fingerprint density at radius 1 is 1.25 bits per heavy atom. The fraction of sp³-hybridized carbons (Fsp3) is 0.222. The van der Waals surface area contributed by atoms with E-state index in [1.54, 1.807) is 40.2 Å². The van der Waals surface area contributed by atoms with Crippen LogP contribution in [0, 0.1) is 5.82 Å². The summed E-state index contributed by atoms with van der Waals surface area (Å²) in [5, 5.41) is 4.34. The molecule has 0 saturated heterocycles. The van der Waals surface area contributed by atoms with E-state index in [-0.39, 0.29) is 17.8 Å². The molecule has 1 aromatic carbocycles. The molecule has 0 atom stereocenters. The third-order valence-electron chi connectivity index (χ3n) is 4.05. The van der Waals surface area contributed by atoms with Gasteiger partial charge < -0.3 is 9.32 Å². The molecule has 2 aromatic heterocycles. The summed E-state index contributed by atoms with van der Waals surface area (Å²) in [6, 6.07) is 11.6. The van der Waals surface area contributed by atoms with Crippen molar-refractivity contribution in [1.29, 1.82) is 0 Å². The number of hydrogen-bond donors (Lipinski definition) is 0. The Morgan fingerprint density at radius 2 is 2.04 bits per heavy atom. The highest BCUT2D eigenvalue weighted by Gasteiger charge is 2.34. The minimum atomic E-state index is -0.305. The predicted molar refractivity (Wildman–Crippen MR) is 85.1 cm³/mol. The molecular formula is C18H16FN3O2. The number of halogens is 1. The fourth-order valence-electron chi connectivity index (χ4n) is 2.65. The molecule has 0 N–H and O–H groups in total. The number of amides is 1. The van der Waals surface area contributed by atoms with E-state index in [1.165, 1.54) is 12.1 Å². The number of aromatic nitrogens is 2. The maximum atomic E-state index is 13.0. The van der Waals surface area contributed by atoms with Gasteiger partial charge in [-0.1, -0.05) is 0 Å². The lowest BCUT2D eigenvalue weighted by Crippen LogP contribution is -2.32. The van der Waals surface area contributed by atoms with Crippen molar-refractivity contribution < 1.29 is 13.6 Å². The van der Waals surface area contributed by atoms with Crippen molar-refractivity contribution in [3.63, 3.8) is 0 Å². The largest absolute Gasteiger partial charge is 0.467 e. The Balaban J connectivity index is 1.56. The number of rotatable bonds is 5. The Hall–Kier alpha value is -2.89. The van der Waals surface area contributed by atoms with Crippen LogP contribution in [0.15, 0.2) is 59.3 Å². The summed E-state index contributed by atoms with van der Waals surface area (Å²) >= 11 is 0. The first-order chi connectivity index (χ1) is 11.7. The van der Waals surface area contributed by atoms with E-state index < -0.39 is 0 Å². The van der Waals surface area contributed by atoms with E-state index in [1.807, 2.05) is 12.1 Å². The van der Waals surface area contributed by atoms with Gasteiger partial charge in [-0.2, -0.15) is 5.10 Å². The molecule has 6 heteroatoms. The fourth-order valence-corrected chi connectivity index (χ4v) is 2.65. The minimum Gasteiger partial charge on any atom is -0.467 e. The molecule has 24 heavy (non-hydrogen) atoms. The van der Waals surface area contributed by atoms with Gasteiger partial charge in [0.1, 0.15) is 11.6 Å². The van der Waals surface area contributed by atoms with E-state index in [2.05, 4.69) is 5.10 Å². The lowest BCUT2D eigenvalue weighted by molar-refractivity contribution is 0.0711. The van der Waals surface area contributed by atoms with Crippen molar-refractivity contribution >= 4 is 5.91 Å². The van der Waals surface area contributed by atoms with Gasteiger partial charge in [0.2, 0.25) is 0 Å². The van der Waals surface area contributed by atoms with Crippen molar-refractivity contribution in [3.05, 3.63) is 72.2 Å². The molecule has 1 aliphatic rings. The molecule has 122 valence electrons. The molecule has 3 aromatic rings. The van der Waals surface area contributed by atoms with Crippen LogP contribution < -0.4 is 0 Å². The number of hydrogen-bond acceptors (Lipinski definition) is 3. The van der Waals surface area contributed by atoms with Crippen LogP contribution >= 0.6 is 0 Å². The summed E-state index contributed by atoms with van der Waals surface area (Å²) in [5.41, 5.74) is 1.08. The number of benzene rings is 1. The molecule has 1 aliphatic carbocycles. The molecule has 0 unspecified atom stereocenters. The normalized spacial score (nSPS) is 13.9. The molecule has 0 bridgehead atoms. The lowest BCUT2D eigenvalue weighted by Gasteiger charge is -2.20. The Bertz CT molecular complexity index is 836. The van der Waals surface area contributed by atoms with Crippen molar-refractivity contribution in [2.45, 2.75) is 25.4 Å². The maximum Gasteiger partial charge on any atom is 0.275 e. The van der Waals surface area contributed by atoms with Gasteiger partial charge in [-0.05, 0) is 55.3 Å². The molecule has 2 heterocycles. The van der Waals surface area contributed by atoms with Crippen LogP contribution in [-0.2, 0) is 6.54 Å². The molecule has 1 fully saturated rings. The van der Waals surface area contributed by atoms with Gasteiger partial charge in [-0.15, -0.1) is 0 Å². The first-order valence-corrected chi connectivity index (χ1v) is 7.86. The second-order valence-corrected chi connectivity index (χ2v) is 5.87. The van der Waals surface area contributed by atoms with Gasteiger partial charge in [-0.25, -0.2) is 9.07 Å². The number of furan rings is 1. The molecular weight excluding hydrogens is 309 g/mol. The number of carbonyl (C=O) groups excluding carboxylic acids is 1. The van der Waals surface area contributed by atoms with E-state index in [9.17, 15) is 9.18 Å². The molecule has 0 aliphatic heterocycles. The van der Waals surface area contributed by atoms with Gasteiger partial charge in [0.15, 0.2) is 5.69 Å². The highest BCUT2D eigenvalue weighted by molar-refractivity contribution is 5.92. The highest BCUT2D eigenvalue weighted by atomic mass is 19.1. The van der Waals surface area contributed by atoms with Crippen molar-refractivity contribution in [1.82, 2.24) is 14.7 Å². The summed E-state index contributed by atoms with van der Waals surface area (Å²) in [4.78, 5) is 14.6. The number of nitrogens with zero attached hydrogens (tertiary/aromatic N) is 3. The minimum absolute atomic E-state index is 0.116. The zero-order chi connectivity index (χ0) is 16.5. The first-order valence-electron chi connectivity index (χ1n) is 7.86. The van der Waals surface area contributed by atoms with Gasteiger partial charge in [0, 0.05) is 12.2 Å². The standard InChI is InChI=1S/C18H16FN3O2/c19-13-3-5-15(6-4-13)22-10-9-17(20-22)18(23)21(14-7-8-14)12-16-2-1-11-24-16/h1-6,9-11,14H,7-8,12H2. The average molecular weight is 325 g/mol. The van der Waals surface area contributed by atoms with E-state index in [0.717, 1.165) is 18.6 Å². The van der Waals surface area contributed by atoms with Crippen LogP contribution in [0.2, 0.25) is 0 Å². The van der Waals surface area contributed by atoms with Crippen molar-refractivity contribution in [3.8, 4) is 5.69 Å². The zero-order valence-electron chi connectivity index (χ0n) is 12.9. The Morgan fingerprint density at radius 3 is 2.71 bits per heavy atom. The molecule has 1 saturated carbocycles. The summed E-state index contributed by atoms with van der Waals surface area (Å²) < 4.78 is 20.0. The Labute approximate surface area is 138 Å². The van der Waals surface area contributed by atoms with Crippen LogP contribution in [0.4, 0.5) is 4.39 Å². The Kier molecular flexibility index (Phi) is 3.65.